The number of rotatable bonds is 6. The Balaban J connectivity index is 1.37. The first-order chi connectivity index (χ1) is 17.9. The van der Waals surface area contributed by atoms with E-state index in [0.717, 1.165) is 24.0 Å². The molecule has 37 heavy (non-hydrogen) atoms. The molecule has 1 amide bonds. The summed E-state index contributed by atoms with van der Waals surface area (Å²) in [6.45, 7) is -0.0263. The summed E-state index contributed by atoms with van der Waals surface area (Å²) in [6, 6.07) is 8.67. The fourth-order valence-electron chi connectivity index (χ4n) is 4.84. The van der Waals surface area contributed by atoms with Crippen LogP contribution >= 0.6 is 0 Å². The first kappa shape index (κ1) is 23.0. The van der Waals surface area contributed by atoms with Gasteiger partial charge in [0.15, 0.2) is 11.6 Å². The average Bonchev–Trinajstić information content (AvgIpc) is 3.65. The molecule has 0 spiro atoms. The number of carbonyl (C=O) groups is 1. The van der Waals surface area contributed by atoms with Gasteiger partial charge in [-0.2, -0.15) is 15.0 Å². The summed E-state index contributed by atoms with van der Waals surface area (Å²) in [5, 5.41) is 13.4. The Hall–Kier alpha value is -4.38. The minimum Gasteiger partial charge on any atom is -0.392 e. The third kappa shape index (κ3) is 4.27. The number of nitrogens with zero attached hydrogens (tertiary/aromatic N) is 6. The van der Waals surface area contributed by atoms with Gasteiger partial charge >= 0.3 is 0 Å². The molecule has 6 rings (SSSR count). The number of fused-ring (bicyclic) bond motifs is 1. The molecule has 1 aliphatic carbocycles. The maximum absolute atomic E-state index is 15.1. The van der Waals surface area contributed by atoms with E-state index in [9.17, 15) is 9.90 Å². The summed E-state index contributed by atoms with van der Waals surface area (Å²) in [7, 11) is 1.84. The van der Waals surface area contributed by atoms with Gasteiger partial charge < -0.3 is 25.6 Å². The van der Waals surface area contributed by atoms with Crippen molar-refractivity contribution in [2.45, 2.75) is 31.8 Å². The van der Waals surface area contributed by atoms with Crippen molar-refractivity contribution in [1.29, 1.82) is 0 Å². The number of nitrogens with two attached hydrogens (primary N) is 1. The van der Waals surface area contributed by atoms with Gasteiger partial charge in [-0.1, -0.05) is 18.2 Å². The van der Waals surface area contributed by atoms with Gasteiger partial charge in [-0.15, -0.1) is 0 Å². The van der Waals surface area contributed by atoms with Crippen LogP contribution in [0.5, 0.6) is 0 Å². The number of imidazole rings is 1. The van der Waals surface area contributed by atoms with Crippen LogP contribution in [0.15, 0.2) is 42.9 Å². The number of aryl methyl sites for hydroxylation is 1. The van der Waals surface area contributed by atoms with Crippen molar-refractivity contribution in [2.75, 3.05) is 22.5 Å². The molecule has 1 saturated carbocycles. The first-order valence-corrected chi connectivity index (χ1v) is 12.0. The third-order valence-corrected chi connectivity index (χ3v) is 6.75. The molecule has 0 bridgehead atoms. The number of nitrogens with one attached hydrogen (secondary N) is 1. The Morgan fingerprint density at radius 3 is 2.78 bits per heavy atom. The van der Waals surface area contributed by atoms with E-state index in [4.69, 9.17) is 5.73 Å². The molecule has 11 heteroatoms. The lowest BCUT2D eigenvalue weighted by atomic mass is 9.93. The number of benzene rings is 2. The number of aliphatic hydroxyl groups is 1. The Labute approximate surface area is 212 Å². The number of halogens is 1. The number of nitrogen functional groups attached to an aromatic ring is 1. The molecule has 1 aliphatic heterocycles. The standard InChI is InChI=1S/C26H25FN8O2/c1-34-11-21(29-13-34)30-26-32-23(31-25(28)33-26)17-3-2-4-20(18(17)12-36)35-8-7-15-9-16(14-5-6-14)10-19(27)22(15)24(35)37/h2-4,9-11,13-14,36H,5-8,12H2,1H3,(H3,28,30,31,32,33). The molecule has 3 heterocycles. The van der Waals surface area contributed by atoms with Gasteiger partial charge in [-0.25, -0.2) is 9.37 Å². The summed E-state index contributed by atoms with van der Waals surface area (Å²) >= 11 is 0. The van der Waals surface area contributed by atoms with Gasteiger partial charge in [0.25, 0.3) is 5.91 Å². The average molecular weight is 501 g/mol. The van der Waals surface area contributed by atoms with Crippen molar-refractivity contribution in [3.63, 3.8) is 0 Å². The predicted octanol–water partition coefficient (Wildman–Crippen LogP) is 3.31. The number of hydrogen-bond donors (Lipinski definition) is 3. The smallest absolute Gasteiger partial charge is 0.261 e. The molecule has 0 atom stereocenters. The molecular weight excluding hydrogens is 475 g/mol. The van der Waals surface area contributed by atoms with E-state index in [1.54, 1.807) is 35.3 Å². The summed E-state index contributed by atoms with van der Waals surface area (Å²) in [5.41, 5.74) is 9.15. The highest BCUT2D eigenvalue weighted by Crippen LogP contribution is 2.42. The number of amides is 1. The Kier molecular flexibility index (Phi) is 5.56. The summed E-state index contributed by atoms with van der Waals surface area (Å²) in [4.78, 5) is 32.1. The minimum atomic E-state index is -0.494. The minimum absolute atomic E-state index is 0.0192. The van der Waals surface area contributed by atoms with Gasteiger partial charge in [-0.05, 0) is 48.4 Å². The lowest BCUT2D eigenvalue weighted by Crippen LogP contribution is -2.39. The van der Waals surface area contributed by atoms with Crippen LogP contribution in [0.2, 0.25) is 0 Å². The van der Waals surface area contributed by atoms with Crippen molar-refractivity contribution < 1.29 is 14.3 Å². The maximum Gasteiger partial charge on any atom is 0.261 e. The van der Waals surface area contributed by atoms with Crippen LogP contribution in [0.3, 0.4) is 0 Å². The number of aromatic nitrogens is 5. The molecule has 10 nitrogen and oxygen atoms in total. The van der Waals surface area contributed by atoms with Gasteiger partial charge in [0.05, 0.1) is 24.2 Å². The van der Waals surface area contributed by atoms with E-state index in [1.807, 2.05) is 13.1 Å². The lowest BCUT2D eigenvalue weighted by Gasteiger charge is -2.31. The van der Waals surface area contributed by atoms with Crippen molar-refractivity contribution in [1.82, 2.24) is 24.5 Å². The molecule has 1 fully saturated rings. The van der Waals surface area contributed by atoms with Crippen LogP contribution < -0.4 is 16.0 Å². The molecule has 188 valence electrons. The van der Waals surface area contributed by atoms with Crippen LogP contribution in [-0.4, -0.2) is 42.1 Å². The zero-order valence-electron chi connectivity index (χ0n) is 20.1. The fraction of sp³-hybridized carbons (Fsp3) is 0.269. The Bertz CT molecular complexity index is 1530. The van der Waals surface area contributed by atoms with Crippen molar-refractivity contribution in [2.24, 2.45) is 7.05 Å². The summed E-state index contributed by atoms with van der Waals surface area (Å²) in [6.07, 6.45) is 6.03. The van der Waals surface area contributed by atoms with Crippen molar-refractivity contribution in [3.8, 4) is 11.4 Å². The number of hydrogen-bond acceptors (Lipinski definition) is 8. The number of anilines is 4. The zero-order chi connectivity index (χ0) is 25.7. The first-order valence-electron chi connectivity index (χ1n) is 12.0. The monoisotopic (exact) mass is 500 g/mol. The molecule has 4 aromatic rings. The van der Waals surface area contributed by atoms with Crippen LogP contribution in [0.4, 0.5) is 27.8 Å². The summed E-state index contributed by atoms with van der Waals surface area (Å²) < 4.78 is 16.9. The molecule has 2 aromatic heterocycles. The molecule has 2 aliphatic rings. The van der Waals surface area contributed by atoms with E-state index >= 15 is 4.39 Å². The SMILES string of the molecule is Cn1cnc(Nc2nc(N)nc(-c3cccc(N4CCc5cc(C6CC6)cc(F)c5C4=O)c3CO)n2)c1. The molecule has 4 N–H and O–H groups in total. The Morgan fingerprint density at radius 2 is 2.05 bits per heavy atom. The van der Waals surface area contributed by atoms with Gasteiger partial charge in [0.1, 0.15) is 5.82 Å². The van der Waals surface area contributed by atoms with Crippen molar-refractivity contribution in [3.05, 3.63) is 70.9 Å². The molecule has 0 unspecified atom stereocenters. The van der Waals surface area contributed by atoms with E-state index in [2.05, 4.69) is 25.3 Å². The van der Waals surface area contributed by atoms with Crippen molar-refractivity contribution >= 4 is 29.3 Å². The van der Waals surface area contributed by atoms with Gasteiger partial charge in [0.2, 0.25) is 11.9 Å². The number of carbonyl (C=O) groups excluding carboxylic acids is 1. The van der Waals surface area contributed by atoms with E-state index in [-0.39, 0.29) is 29.9 Å². The third-order valence-electron chi connectivity index (χ3n) is 6.75. The zero-order valence-corrected chi connectivity index (χ0v) is 20.1. The highest BCUT2D eigenvalue weighted by Gasteiger charge is 2.33. The highest BCUT2D eigenvalue weighted by molar-refractivity contribution is 6.09. The largest absolute Gasteiger partial charge is 0.392 e. The quantitative estimate of drug-likeness (QED) is 0.367. The second-order valence-corrected chi connectivity index (χ2v) is 9.37. The lowest BCUT2D eigenvalue weighted by molar-refractivity contribution is 0.0976. The van der Waals surface area contributed by atoms with E-state index in [0.29, 0.717) is 41.5 Å². The molecular formula is C26H25FN8O2. The van der Waals surface area contributed by atoms with E-state index in [1.165, 1.54) is 11.0 Å². The van der Waals surface area contributed by atoms with Crippen LogP contribution in [0.25, 0.3) is 11.4 Å². The second-order valence-electron chi connectivity index (χ2n) is 9.37. The maximum atomic E-state index is 15.1. The Morgan fingerprint density at radius 1 is 1.22 bits per heavy atom. The van der Waals surface area contributed by atoms with Gasteiger partial charge in [0, 0.05) is 30.9 Å². The second kappa shape index (κ2) is 8.93. The summed E-state index contributed by atoms with van der Waals surface area (Å²) in [5.74, 6) is 0.394. The van der Waals surface area contributed by atoms with Crippen LogP contribution in [0, 0.1) is 5.82 Å². The van der Waals surface area contributed by atoms with E-state index < -0.39 is 11.7 Å². The topological polar surface area (TPSA) is 135 Å². The van der Waals surface area contributed by atoms with Crippen LogP contribution in [0.1, 0.15) is 45.8 Å². The highest BCUT2D eigenvalue weighted by atomic mass is 19.1. The normalized spacial score (nSPS) is 15.1. The molecule has 2 aromatic carbocycles. The number of aliphatic hydroxyl groups excluding tert-OH is 1. The van der Waals surface area contributed by atoms with Gasteiger partial charge in [-0.3, -0.25) is 4.79 Å². The molecule has 0 saturated heterocycles. The predicted molar refractivity (Wildman–Crippen MR) is 136 cm³/mol. The molecule has 0 radical (unpaired) electrons. The fourth-order valence-corrected chi connectivity index (χ4v) is 4.84. The van der Waals surface area contributed by atoms with Crippen LogP contribution in [-0.2, 0) is 20.1 Å².